The maximum atomic E-state index is 11.6. The van der Waals surface area contributed by atoms with E-state index in [1.165, 1.54) is 19.3 Å². The van der Waals surface area contributed by atoms with Crippen molar-refractivity contribution >= 4 is 16.8 Å². The van der Waals surface area contributed by atoms with Crippen LogP contribution < -0.4 is 5.32 Å². The second-order valence-electron chi connectivity index (χ2n) is 4.84. The van der Waals surface area contributed by atoms with Gasteiger partial charge in [0.15, 0.2) is 0 Å². The fourth-order valence-corrected chi connectivity index (χ4v) is 4.28. The van der Waals surface area contributed by atoms with E-state index >= 15 is 0 Å². The molecule has 1 aliphatic carbocycles. The summed E-state index contributed by atoms with van der Waals surface area (Å²) in [5, 5.41) is 12.1. The third-order valence-electron chi connectivity index (χ3n) is 3.65. The molecule has 16 heavy (non-hydrogen) atoms. The van der Waals surface area contributed by atoms with Crippen molar-refractivity contribution in [3.05, 3.63) is 0 Å². The maximum Gasteiger partial charge on any atom is 0.321 e. The first-order valence-corrected chi connectivity index (χ1v) is 7.49. The van der Waals surface area contributed by atoms with Gasteiger partial charge in [-0.2, -0.15) is 0 Å². The topological polar surface area (TPSA) is 66.4 Å². The van der Waals surface area contributed by atoms with Crippen LogP contribution in [0.3, 0.4) is 0 Å². The van der Waals surface area contributed by atoms with Gasteiger partial charge in [-0.3, -0.25) is 14.3 Å². The summed E-state index contributed by atoms with van der Waals surface area (Å²) in [7, 11) is -0.966. The second kappa shape index (κ2) is 5.27. The summed E-state index contributed by atoms with van der Waals surface area (Å²) in [6, 6.07) is -0.461. The molecule has 1 aliphatic heterocycles. The number of rotatable bonds is 2. The SMILES string of the molecule is O=C(O)C1CS(=O)CC(C2CCCCC2)N1. The standard InChI is InChI=1S/C11H19NO3S/c13-11(14)10-7-16(15)6-9(12-10)8-4-2-1-3-5-8/h8-10,12H,1-7H2,(H,13,14). The Hall–Kier alpha value is -0.420. The van der Waals surface area contributed by atoms with Crippen LogP contribution in [0.1, 0.15) is 32.1 Å². The van der Waals surface area contributed by atoms with Crippen molar-refractivity contribution in [3.63, 3.8) is 0 Å². The molecule has 2 N–H and O–H groups in total. The van der Waals surface area contributed by atoms with Crippen molar-refractivity contribution in [1.29, 1.82) is 0 Å². The Morgan fingerprint density at radius 3 is 2.50 bits per heavy atom. The lowest BCUT2D eigenvalue weighted by molar-refractivity contribution is -0.139. The summed E-state index contributed by atoms with van der Waals surface area (Å²) in [5.41, 5.74) is 0. The Morgan fingerprint density at radius 1 is 1.19 bits per heavy atom. The summed E-state index contributed by atoms with van der Waals surface area (Å²) in [5.74, 6) is 0.557. The molecule has 2 rings (SSSR count). The van der Waals surface area contributed by atoms with Gasteiger partial charge in [0.2, 0.25) is 0 Å². The molecule has 5 heteroatoms. The molecule has 3 atom stereocenters. The fraction of sp³-hybridized carbons (Fsp3) is 0.909. The van der Waals surface area contributed by atoms with Gasteiger partial charge in [0.25, 0.3) is 0 Å². The molecule has 0 amide bonds. The molecule has 1 heterocycles. The van der Waals surface area contributed by atoms with Crippen LogP contribution in [0, 0.1) is 5.92 Å². The van der Waals surface area contributed by atoms with Gasteiger partial charge in [0, 0.05) is 28.3 Å². The highest BCUT2D eigenvalue weighted by atomic mass is 32.2. The van der Waals surface area contributed by atoms with Crippen molar-refractivity contribution in [3.8, 4) is 0 Å². The maximum absolute atomic E-state index is 11.6. The molecule has 0 spiro atoms. The molecule has 1 saturated heterocycles. The predicted octanol–water partition coefficient (Wildman–Crippen LogP) is 0.740. The molecule has 0 radical (unpaired) electrons. The number of hydrogen-bond donors (Lipinski definition) is 2. The smallest absolute Gasteiger partial charge is 0.321 e. The molecule has 0 bridgehead atoms. The molecular weight excluding hydrogens is 226 g/mol. The van der Waals surface area contributed by atoms with Crippen molar-refractivity contribution < 1.29 is 14.1 Å². The van der Waals surface area contributed by atoms with Gasteiger partial charge in [0.1, 0.15) is 6.04 Å². The zero-order chi connectivity index (χ0) is 11.5. The van der Waals surface area contributed by atoms with Crippen LogP contribution >= 0.6 is 0 Å². The van der Waals surface area contributed by atoms with E-state index in [1.54, 1.807) is 0 Å². The monoisotopic (exact) mass is 245 g/mol. The largest absolute Gasteiger partial charge is 0.480 e. The van der Waals surface area contributed by atoms with E-state index in [4.69, 9.17) is 5.11 Å². The molecule has 3 unspecified atom stereocenters. The zero-order valence-corrected chi connectivity index (χ0v) is 10.2. The number of carbonyl (C=O) groups is 1. The lowest BCUT2D eigenvalue weighted by Crippen LogP contribution is -2.56. The highest BCUT2D eigenvalue weighted by Gasteiger charge is 2.34. The van der Waals surface area contributed by atoms with Crippen LogP contribution in [0.5, 0.6) is 0 Å². The summed E-state index contributed by atoms with van der Waals surface area (Å²) in [6.07, 6.45) is 6.05. The van der Waals surface area contributed by atoms with E-state index in [0.29, 0.717) is 11.7 Å². The van der Waals surface area contributed by atoms with Crippen LogP contribution in [0.4, 0.5) is 0 Å². The van der Waals surface area contributed by atoms with Crippen molar-refractivity contribution in [2.45, 2.75) is 44.2 Å². The van der Waals surface area contributed by atoms with Crippen molar-refractivity contribution in [1.82, 2.24) is 5.32 Å². The molecular formula is C11H19NO3S. The van der Waals surface area contributed by atoms with Crippen LogP contribution in [-0.2, 0) is 15.6 Å². The number of hydrogen-bond acceptors (Lipinski definition) is 3. The molecule has 0 aromatic carbocycles. The second-order valence-corrected chi connectivity index (χ2v) is 6.38. The van der Waals surface area contributed by atoms with Crippen LogP contribution in [0.25, 0.3) is 0 Å². The molecule has 4 nitrogen and oxygen atoms in total. The van der Waals surface area contributed by atoms with Crippen LogP contribution in [0.2, 0.25) is 0 Å². The number of aliphatic carboxylic acids is 1. The number of carboxylic acids is 1. The lowest BCUT2D eigenvalue weighted by atomic mass is 9.84. The van der Waals surface area contributed by atoms with Crippen molar-refractivity contribution in [2.24, 2.45) is 5.92 Å². The zero-order valence-electron chi connectivity index (χ0n) is 9.35. The first-order valence-electron chi connectivity index (χ1n) is 6.00. The van der Waals surface area contributed by atoms with Crippen LogP contribution in [-0.4, -0.2) is 38.9 Å². The average molecular weight is 245 g/mol. The normalized spacial score (nSPS) is 37.1. The van der Waals surface area contributed by atoms with E-state index in [2.05, 4.69) is 5.32 Å². The van der Waals surface area contributed by atoms with Gasteiger partial charge in [0.05, 0.1) is 0 Å². The van der Waals surface area contributed by atoms with Gasteiger partial charge < -0.3 is 5.11 Å². The molecule has 2 fully saturated rings. The third-order valence-corrected chi connectivity index (χ3v) is 5.09. The summed E-state index contributed by atoms with van der Waals surface area (Å²) in [6.45, 7) is 0. The van der Waals surface area contributed by atoms with Crippen molar-refractivity contribution in [2.75, 3.05) is 11.5 Å². The van der Waals surface area contributed by atoms with Gasteiger partial charge in [-0.15, -0.1) is 0 Å². The minimum Gasteiger partial charge on any atom is -0.480 e. The number of nitrogens with one attached hydrogen (secondary N) is 1. The molecule has 2 aliphatic rings. The summed E-state index contributed by atoms with van der Waals surface area (Å²) in [4.78, 5) is 10.9. The molecule has 92 valence electrons. The quantitative estimate of drug-likeness (QED) is 0.753. The first kappa shape index (κ1) is 12.0. The average Bonchev–Trinajstić information content (AvgIpc) is 2.29. The Labute approximate surface area is 98.3 Å². The molecule has 1 saturated carbocycles. The van der Waals surface area contributed by atoms with Gasteiger partial charge in [-0.05, 0) is 18.8 Å². The van der Waals surface area contributed by atoms with E-state index in [9.17, 15) is 9.00 Å². The van der Waals surface area contributed by atoms with E-state index in [1.807, 2.05) is 0 Å². The Balaban J connectivity index is 1.97. The summed E-state index contributed by atoms with van der Waals surface area (Å²) < 4.78 is 11.6. The Kier molecular flexibility index (Phi) is 3.97. The van der Waals surface area contributed by atoms with Crippen LogP contribution in [0.15, 0.2) is 0 Å². The Bertz CT molecular complexity index is 289. The van der Waals surface area contributed by atoms with Gasteiger partial charge >= 0.3 is 5.97 Å². The van der Waals surface area contributed by atoms with E-state index in [0.717, 1.165) is 12.8 Å². The highest BCUT2D eigenvalue weighted by Crippen LogP contribution is 2.28. The first-order chi connectivity index (χ1) is 7.66. The minimum absolute atomic E-state index is 0.149. The molecule has 0 aromatic heterocycles. The van der Waals surface area contributed by atoms with Gasteiger partial charge in [-0.25, -0.2) is 0 Å². The van der Waals surface area contributed by atoms with E-state index < -0.39 is 22.8 Å². The predicted molar refractivity (Wildman–Crippen MR) is 62.8 cm³/mol. The van der Waals surface area contributed by atoms with E-state index in [-0.39, 0.29) is 11.8 Å². The number of carboxylic acid groups (broad SMARTS) is 1. The minimum atomic E-state index is -0.966. The molecule has 0 aromatic rings. The Morgan fingerprint density at radius 2 is 1.88 bits per heavy atom. The summed E-state index contributed by atoms with van der Waals surface area (Å²) >= 11 is 0. The third kappa shape index (κ3) is 2.83. The highest BCUT2D eigenvalue weighted by molar-refractivity contribution is 7.85. The lowest BCUT2D eigenvalue weighted by Gasteiger charge is -2.35. The van der Waals surface area contributed by atoms with Gasteiger partial charge in [-0.1, -0.05) is 19.3 Å². The fourth-order valence-electron chi connectivity index (χ4n) is 2.76.